The highest BCUT2D eigenvalue weighted by Crippen LogP contribution is 2.31. The first kappa shape index (κ1) is 22.5. The van der Waals surface area contributed by atoms with Crippen molar-refractivity contribution in [2.45, 2.75) is 13.0 Å². The normalized spacial score (nSPS) is 15.3. The zero-order valence-corrected chi connectivity index (χ0v) is 19.1. The lowest BCUT2D eigenvalue weighted by Crippen LogP contribution is -2.45. The molecule has 3 aromatic carbocycles. The van der Waals surface area contributed by atoms with Crippen molar-refractivity contribution < 1.29 is 9.59 Å². The van der Waals surface area contributed by atoms with Crippen LogP contribution < -0.4 is 9.80 Å². The molecule has 0 N–H and O–H groups in total. The summed E-state index contributed by atoms with van der Waals surface area (Å²) in [7, 11) is 0. The molecule has 3 aromatic rings. The summed E-state index contributed by atoms with van der Waals surface area (Å²) in [6, 6.07) is 23.7. The summed E-state index contributed by atoms with van der Waals surface area (Å²) in [4.78, 5) is 34.7. The Kier molecular flexibility index (Phi) is 6.71. The highest BCUT2D eigenvalue weighted by molar-refractivity contribution is 6.32. The average molecular weight is 458 g/mol. The van der Waals surface area contributed by atoms with Crippen LogP contribution in [0, 0.1) is 0 Å². The van der Waals surface area contributed by atoms with Gasteiger partial charge in [-0.2, -0.15) is 0 Å². The van der Waals surface area contributed by atoms with Gasteiger partial charge in [0.05, 0.1) is 11.4 Å². The number of nitrogens with zero attached hydrogens (tertiary/aromatic N) is 3. The fourth-order valence-corrected chi connectivity index (χ4v) is 4.07. The van der Waals surface area contributed by atoms with E-state index in [-0.39, 0.29) is 18.4 Å². The Bertz CT molecular complexity index is 1210. The first-order valence-electron chi connectivity index (χ1n) is 10.7. The SMILES string of the molecule is C=CCN(C(=O)CN1C(=O)[C@H](C)N=C(c2ccccc2)c2cc(Cl)ccc21)c1ccccc1. The van der Waals surface area contributed by atoms with Crippen LogP contribution in [-0.4, -0.2) is 36.7 Å². The van der Waals surface area contributed by atoms with Gasteiger partial charge in [-0.1, -0.05) is 66.2 Å². The van der Waals surface area contributed by atoms with Crippen LogP contribution in [0.3, 0.4) is 0 Å². The highest BCUT2D eigenvalue weighted by Gasteiger charge is 2.32. The van der Waals surface area contributed by atoms with Crippen molar-refractivity contribution in [3.05, 3.63) is 108 Å². The molecule has 1 aliphatic rings. The summed E-state index contributed by atoms with van der Waals surface area (Å²) in [5, 5.41) is 0.531. The largest absolute Gasteiger partial charge is 0.307 e. The third-order valence-corrected chi connectivity index (χ3v) is 5.71. The number of fused-ring (bicyclic) bond motifs is 1. The number of benzene rings is 3. The van der Waals surface area contributed by atoms with E-state index in [9.17, 15) is 9.59 Å². The van der Waals surface area contributed by atoms with Crippen LogP contribution in [-0.2, 0) is 9.59 Å². The topological polar surface area (TPSA) is 53.0 Å². The minimum Gasteiger partial charge on any atom is -0.307 e. The second-order valence-electron chi connectivity index (χ2n) is 7.73. The number of carbonyl (C=O) groups excluding carboxylic acids is 2. The van der Waals surface area contributed by atoms with Gasteiger partial charge in [0.1, 0.15) is 12.6 Å². The summed E-state index contributed by atoms with van der Waals surface area (Å²) in [6.45, 7) is 5.73. The molecular formula is C27H24ClN3O2. The van der Waals surface area contributed by atoms with Crippen LogP contribution in [0.4, 0.5) is 11.4 Å². The van der Waals surface area contributed by atoms with E-state index in [1.165, 1.54) is 4.90 Å². The van der Waals surface area contributed by atoms with Gasteiger partial charge in [-0.3, -0.25) is 14.6 Å². The molecule has 0 saturated heterocycles. The van der Waals surface area contributed by atoms with Gasteiger partial charge in [-0.15, -0.1) is 6.58 Å². The van der Waals surface area contributed by atoms with Gasteiger partial charge in [0.2, 0.25) is 5.91 Å². The monoisotopic (exact) mass is 457 g/mol. The Morgan fingerprint density at radius 2 is 1.76 bits per heavy atom. The first-order chi connectivity index (χ1) is 16.0. The summed E-state index contributed by atoms with van der Waals surface area (Å²) in [6.07, 6.45) is 1.67. The van der Waals surface area contributed by atoms with E-state index in [2.05, 4.69) is 6.58 Å². The highest BCUT2D eigenvalue weighted by atomic mass is 35.5. The molecule has 0 saturated carbocycles. The van der Waals surface area contributed by atoms with Crippen molar-refractivity contribution in [1.82, 2.24) is 0 Å². The number of anilines is 2. The first-order valence-corrected chi connectivity index (χ1v) is 11.1. The predicted octanol–water partition coefficient (Wildman–Crippen LogP) is 5.13. The third-order valence-electron chi connectivity index (χ3n) is 5.47. The second kappa shape index (κ2) is 9.84. The van der Waals surface area contributed by atoms with Crippen LogP contribution in [0.1, 0.15) is 18.1 Å². The van der Waals surface area contributed by atoms with E-state index in [1.807, 2.05) is 60.7 Å². The molecule has 2 amide bonds. The van der Waals surface area contributed by atoms with E-state index in [4.69, 9.17) is 16.6 Å². The van der Waals surface area contributed by atoms with Crippen LogP contribution >= 0.6 is 11.6 Å². The molecule has 5 nitrogen and oxygen atoms in total. The number of carbonyl (C=O) groups is 2. The lowest BCUT2D eigenvalue weighted by molar-refractivity contribution is -0.123. The van der Waals surface area contributed by atoms with Gasteiger partial charge < -0.3 is 9.80 Å². The van der Waals surface area contributed by atoms with Crippen molar-refractivity contribution in [1.29, 1.82) is 0 Å². The molecule has 1 aliphatic heterocycles. The molecule has 0 radical (unpaired) electrons. The quantitative estimate of drug-likeness (QED) is 0.482. The van der Waals surface area contributed by atoms with Gasteiger partial charge in [-0.25, -0.2) is 0 Å². The van der Waals surface area contributed by atoms with Gasteiger partial charge in [0, 0.05) is 28.4 Å². The molecule has 0 aromatic heterocycles. The van der Waals surface area contributed by atoms with Crippen LogP contribution in [0.2, 0.25) is 5.02 Å². The van der Waals surface area contributed by atoms with Gasteiger partial charge in [-0.05, 0) is 37.3 Å². The Balaban J connectivity index is 1.76. The Labute approximate surface area is 198 Å². The summed E-state index contributed by atoms with van der Waals surface area (Å²) in [5.41, 5.74) is 3.63. The number of amides is 2. The number of halogens is 1. The van der Waals surface area contributed by atoms with E-state index in [0.717, 1.165) is 11.3 Å². The molecular weight excluding hydrogens is 434 g/mol. The fraction of sp³-hybridized carbons (Fsp3) is 0.148. The van der Waals surface area contributed by atoms with Crippen molar-refractivity contribution in [3.8, 4) is 0 Å². The van der Waals surface area contributed by atoms with Gasteiger partial charge in [0.15, 0.2) is 0 Å². The molecule has 0 fully saturated rings. The van der Waals surface area contributed by atoms with E-state index < -0.39 is 6.04 Å². The smallest absolute Gasteiger partial charge is 0.252 e. The molecule has 0 unspecified atom stereocenters. The number of aliphatic imine (C=N–C) groups is 1. The fourth-order valence-electron chi connectivity index (χ4n) is 3.89. The molecule has 4 rings (SSSR count). The average Bonchev–Trinajstić information content (AvgIpc) is 2.93. The van der Waals surface area contributed by atoms with E-state index >= 15 is 0 Å². The number of para-hydroxylation sites is 1. The van der Waals surface area contributed by atoms with Crippen LogP contribution in [0.25, 0.3) is 0 Å². The maximum absolute atomic E-state index is 13.4. The zero-order chi connectivity index (χ0) is 23.4. The van der Waals surface area contributed by atoms with E-state index in [1.54, 1.807) is 36.1 Å². The van der Waals surface area contributed by atoms with Crippen molar-refractivity contribution >= 4 is 40.5 Å². The van der Waals surface area contributed by atoms with Gasteiger partial charge in [0.25, 0.3) is 5.91 Å². The van der Waals surface area contributed by atoms with Crippen molar-refractivity contribution in [2.75, 3.05) is 22.9 Å². The predicted molar refractivity (Wildman–Crippen MR) is 134 cm³/mol. The third kappa shape index (κ3) is 4.73. The maximum Gasteiger partial charge on any atom is 0.252 e. The Hall–Kier alpha value is -3.70. The standard InChI is InChI=1S/C27H24ClN3O2/c1-3-16-30(22-12-8-5-9-13-22)25(32)18-31-24-15-14-21(28)17-23(24)26(29-19(2)27(31)33)20-10-6-4-7-11-20/h3-15,17,19H,1,16,18H2,2H3/t19-/m0/s1. The summed E-state index contributed by atoms with van der Waals surface area (Å²) in [5.74, 6) is -0.463. The summed E-state index contributed by atoms with van der Waals surface area (Å²) >= 11 is 6.34. The maximum atomic E-state index is 13.4. The molecule has 166 valence electrons. The Morgan fingerprint density at radius 3 is 2.42 bits per heavy atom. The van der Waals surface area contributed by atoms with Crippen LogP contribution in [0.5, 0.6) is 0 Å². The number of benzodiazepines with no additional fused rings is 1. The van der Waals surface area contributed by atoms with Gasteiger partial charge >= 0.3 is 0 Å². The minimum atomic E-state index is -0.663. The molecule has 6 heteroatoms. The number of hydrogen-bond acceptors (Lipinski definition) is 3. The molecule has 1 heterocycles. The molecule has 0 aliphatic carbocycles. The van der Waals surface area contributed by atoms with E-state index in [0.29, 0.717) is 28.5 Å². The van der Waals surface area contributed by atoms with Crippen LogP contribution in [0.15, 0.2) is 96.5 Å². The number of rotatable bonds is 6. The lowest BCUT2D eigenvalue weighted by Gasteiger charge is -2.28. The molecule has 0 bridgehead atoms. The molecule has 33 heavy (non-hydrogen) atoms. The minimum absolute atomic E-state index is 0.127. The second-order valence-corrected chi connectivity index (χ2v) is 8.17. The Morgan fingerprint density at radius 1 is 1.09 bits per heavy atom. The van der Waals surface area contributed by atoms with Crippen molar-refractivity contribution in [3.63, 3.8) is 0 Å². The molecule has 0 spiro atoms. The zero-order valence-electron chi connectivity index (χ0n) is 18.3. The molecule has 1 atom stereocenters. The summed E-state index contributed by atoms with van der Waals surface area (Å²) < 4.78 is 0. The number of hydrogen-bond donors (Lipinski definition) is 0. The lowest BCUT2D eigenvalue weighted by atomic mass is 10.00. The van der Waals surface area contributed by atoms with Crippen molar-refractivity contribution in [2.24, 2.45) is 4.99 Å².